The van der Waals surface area contributed by atoms with Gasteiger partial charge in [0.2, 0.25) is 0 Å². The van der Waals surface area contributed by atoms with Crippen molar-refractivity contribution in [3.05, 3.63) is 34.1 Å². The maximum absolute atomic E-state index is 14.0. The molecule has 0 saturated carbocycles. The molecule has 1 aliphatic heterocycles. The Morgan fingerprint density at radius 2 is 2.04 bits per heavy atom. The molecule has 2 rings (SSSR count). The Morgan fingerprint density at radius 1 is 1.36 bits per heavy atom. The lowest BCUT2D eigenvalue weighted by molar-refractivity contribution is -0.0558. The van der Waals surface area contributed by atoms with E-state index >= 15 is 0 Å². The average Bonchev–Trinajstić information content (AvgIpc) is 2.44. The highest BCUT2D eigenvalue weighted by Crippen LogP contribution is 2.23. The molecule has 0 spiro atoms. The van der Waals surface area contributed by atoms with Gasteiger partial charge in [0.05, 0.1) is 30.9 Å². The van der Waals surface area contributed by atoms with Crippen molar-refractivity contribution in [1.82, 2.24) is 4.90 Å². The number of benzene rings is 1. The second-order valence-corrected chi connectivity index (χ2v) is 8.10. The minimum atomic E-state index is -0.637. The number of morpholine rings is 1. The SMILES string of the molecule is CC1COCC(CC(=O)c2ccc(Br)cc2F)N1C(=O)OC(C)(C)C. The van der Waals surface area contributed by atoms with Crippen LogP contribution in [0.5, 0.6) is 0 Å². The van der Waals surface area contributed by atoms with Gasteiger partial charge < -0.3 is 9.47 Å². The number of carbonyl (C=O) groups is 2. The minimum Gasteiger partial charge on any atom is -0.444 e. The maximum Gasteiger partial charge on any atom is 0.410 e. The molecule has 2 atom stereocenters. The summed E-state index contributed by atoms with van der Waals surface area (Å²) >= 11 is 3.17. The van der Waals surface area contributed by atoms with Gasteiger partial charge >= 0.3 is 6.09 Å². The lowest BCUT2D eigenvalue weighted by atomic mass is 10.0. The number of hydrogen-bond acceptors (Lipinski definition) is 4. The molecule has 0 N–H and O–H groups in total. The van der Waals surface area contributed by atoms with E-state index in [1.807, 2.05) is 6.92 Å². The van der Waals surface area contributed by atoms with E-state index in [0.717, 1.165) is 0 Å². The van der Waals surface area contributed by atoms with Crippen LogP contribution in [0.25, 0.3) is 0 Å². The Balaban J connectivity index is 2.17. The van der Waals surface area contributed by atoms with E-state index in [1.54, 1.807) is 26.8 Å². The molecule has 25 heavy (non-hydrogen) atoms. The molecule has 7 heteroatoms. The molecule has 1 fully saturated rings. The van der Waals surface area contributed by atoms with Gasteiger partial charge in [-0.1, -0.05) is 15.9 Å². The fourth-order valence-electron chi connectivity index (χ4n) is 2.74. The largest absolute Gasteiger partial charge is 0.444 e. The van der Waals surface area contributed by atoms with E-state index in [9.17, 15) is 14.0 Å². The van der Waals surface area contributed by atoms with Crippen molar-refractivity contribution in [3.8, 4) is 0 Å². The molecule has 1 amide bonds. The topological polar surface area (TPSA) is 55.8 Å². The summed E-state index contributed by atoms with van der Waals surface area (Å²) in [4.78, 5) is 26.6. The van der Waals surface area contributed by atoms with Crippen molar-refractivity contribution in [2.45, 2.75) is 51.8 Å². The lowest BCUT2D eigenvalue weighted by Crippen LogP contribution is -2.55. The van der Waals surface area contributed by atoms with Crippen molar-refractivity contribution in [3.63, 3.8) is 0 Å². The van der Waals surface area contributed by atoms with E-state index in [0.29, 0.717) is 11.1 Å². The van der Waals surface area contributed by atoms with Gasteiger partial charge in [0.15, 0.2) is 5.78 Å². The molecule has 0 aromatic heterocycles. The quantitative estimate of drug-likeness (QED) is 0.694. The Bertz CT molecular complexity index is 659. The third kappa shape index (κ3) is 5.25. The molecule has 1 aromatic rings. The summed E-state index contributed by atoms with van der Waals surface area (Å²) in [6.45, 7) is 7.78. The smallest absolute Gasteiger partial charge is 0.410 e. The highest BCUT2D eigenvalue weighted by molar-refractivity contribution is 9.10. The fourth-order valence-corrected chi connectivity index (χ4v) is 3.07. The summed E-state index contributed by atoms with van der Waals surface area (Å²) < 4.78 is 25.5. The molecule has 1 heterocycles. The van der Waals surface area contributed by atoms with Gasteiger partial charge in [0, 0.05) is 10.9 Å². The van der Waals surface area contributed by atoms with Crippen LogP contribution in [0.3, 0.4) is 0 Å². The van der Waals surface area contributed by atoms with E-state index < -0.39 is 23.6 Å². The predicted molar refractivity (Wildman–Crippen MR) is 95.2 cm³/mol. The summed E-state index contributed by atoms with van der Waals surface area (Å²) in [7, 11) is 0. The number of halogens is 2. The van der Waals surface area contributed by atoms with Gasteiger partial charge in [-0.05, 0) is 45.9 Å². The molecular weight excluding hydrogens is 393 g/mol. The van der Waals surface area contributed by atoms with E-state index in [-0.39, 0.29) is 30.4 Å². The molecule has 1 aliphatic rings. The number of ketones is 1. The summed E-state index contributed by atoms with van der Waals surface area (Å²) in [5, 5.41) is 0. The van der Waals surface area contributed by atoms with Gasteiger partial charge in [-0.3, -0.25) is 9.69 Å². The Hall–Kier alpha value is -1.47. The standard InChI is InChI=1S/C18H23BrFNO4/c1-11-9-24-10-13(21(11)17(23)25-18(2,3)4)8-16(22)14-6-5-12(19)7-15(14)20/h5-7,11,13H,8-10H2,1-4H3. The summed E-state index contributed by atoms with van der Waals surface area (Å²) in [5.41, 5.74) is -0.632. The first-order valence-corrected chi connectivity index (χ1v) is 8.95. The summed E-state index contributed by atoms with van der Waals surface area (Å²) in [6, 6.07) is 3.58. The molecule has 0 radical (unpaired) electrons. The molecule has 138 valence electrons. The lowest BCUT2D eigenvalue weighted by Gasteiger charge is -2.40. The Kier molecular flexibility index (Phi) is 6.21. The molecule has 0 aliphatic carbocycles. The molecule has 5 nitrogen and oxygen atoms in total. The number of Topliss-reactive ketones (excluding diaryl/α,β-unsaturated/α-hetero) is 1. The molecular formula is C18H23BrFNO4. The second kappa shape index (κ2) is 7.83. The first kappa shape index (κ1) is 19.8. The highest BCUT2D eigenvalue weighted by atomic mass is 79.9. The van der Waals surface area contributed by atoms with Crippen molar-refractivity contribution in [2.24, 2.45) is 0 Å². The fraction of sp³-hybridized carbons (Fsp3) is 0.556. The van der Waals surface area contributed by atoms with Gasteiger partial charge in [-0.2, -0.15) is 0 Å². The highest BCUT2D eigenvalue weighted by Gasteiger charge is 2.36. The Morgan fingerprint density at radius 3 is 2.64 bits per heavy atom. The van der Waals surface area contributed by atoms with E-state index in [1.165, 1.54) is 17.0 Å². The van der Waals surface area contributed by atoms with Crippen LogP contribution in [-0.2, 0) is 9.47 Å². The van der Waals surface area contributed by atoms with Crippen LogP contribution in [0.1, 0.15) is 44.5 Å². The van der Waals surface area contributed by atoms with Crippen LogP contribution in [0.2, 0.25) is 0 Å². The maximum atomic E-state index is 14.0. The zero-order valence-corrected chi connectivity index (χ0v) is 16.4. The van der Waals surface area contributed by atoms with Crippen LogP contribution in [0.15, 0.2) is 22.7 Å². The zero-order chi connectivity index (χ0) is 18.8. The number of ether oxygens (including phenoxy) is 2. The normalized spacial score (nSPS) is 21.1. The van der Waals surface area contributed by atoms with Crippen LogP contribution >= 0.6 is 15.9 Å². The molecule has 2 unspecified atom stereocenters. The Labute approximate surface area is 155 Å². The number of nitrogens with zero attached hydrogens (tertiary/aromatic N) is 1. The van der Waals surface area contributed by atoms with Gasteiger partial charge in [0.1, 0.15) is 11.4 Å². The summed E-state index contributed by atoms with van der Waals surface area (Å²) in [6.07, 6.45) is -0.514. The first-order valence-electron chi connectivity index (χ1n) is 8.16. The van der Waals surface area contributed by atoms with Crippen molar-refractivity contribution < 1.29 is 23.5 Å². The van der Waals surface area contributed by atoms with Crippen LogP contribution < -0.4 is 0 Å². The number of hydrogen-bond donors (Lipinski definition) is 0. The number of rotatable bonds is 3. The molecule has 1 aromatic carbocycles. The molecule has 1 saturated heterocycles. The van der Waals surface area contributed by atoms with E-state index in [4.69, 9.17) is 9.47 Å². The number of carbonyl (C=O) groups excluding carboxylic acids is 2. The van der Waals surface area contributed by atoms with Crippen molar-refractivity contribution in [1.29, 1.82) is 0 Å². The zero-order valence-electron chi connectivity index (χ0n) is 14.8. The predicted octanol–water partition coefficient (Wildman–Crippen LogP) is 4.19. The average molecular weight is 416 g/mol. The third-order valence-corrected chi connectivity index (χ3v) is 4.29. The number of amides is 1. The van der Waals surface area contributed by atoms with E-state index in [2.05, 4.69) is 15.9 Å². The molecule has 0 bridgehead atoms. The van der Waals surface area contributed by atoms with Crippen LogP contribution in [0, 0.1) is 5.82 Å². The first-order chi connectivity index (χ1) is 11.6. The van der Waals surface area contributed by atoms with Crippen LogP contribution in [0.4, 0.5) is 9.18 Å². The van der Waals surface area contributed by atoms with Crippen LogP contribution in [-0.4, -0.2) is 47.7 Å². The van der Waals surface area contributed by atoms with Gasteiger partial charge in [-0.25, -0.2) is 9.18 Å². The monoisotopic (exact) mass is 415 g/mol. The van der Waals surface area contributed by atoms with Crippen molar-refractivity contribution >= 4 is 27.8 Å². The second-order valence-electron chi connectivity index (χ2n) is 7.18. The minimum absolute atomic E-state index is 0.00515. The van der Waals surface area contributed by atoms with Crippen molar-refractivity contribution in [2.75, 3.05) is 13.2 Å². The third-order valence-electron chi connectivity index (χ3n) is 3.79. The van der Waals surface area contributed by atoms with Gasteiger partial charge in [0.25, 0.3) is 0 Å². The summed E-state index contributed by atoms with van der Waals surface area (Å²) in [5.74, 6) is -0.964. The van der Waals surface area contributed by atoms with Gasteiger partial charge in [-0.15, -0.1) is 0 Å².